The van der Waals surface area contributed by atoms with Crippen molar-refractivity contribution in [3.63, 3.8) is 0 Å². The highest BCUT2D eigenvalue weighted by Gasteiger charge is 2.20. The first kappa shape index (κ1) is 14.6. The van der Waals surface area contributed by atoms with Crippen LogP contribution in [0.3, 0.4) is 0 Å². The summed E-state index contributed by atoms with van der Waals surface area (Å²) in [5, 5.41) is 0. The van der Waals surface area contributed by atoms with E-state index in [4.69, 9.17) is 10.2 Å². The summed E-state index contributed by atoms with van der Waals surface area (Å²) >= 11 is 0. The molecule has 0 fully saturated rings. The predicted octanol–water partition coefficient (Wildman–Crippen LogP) is 2.83. The van der Waals surface area contributed by atoms with E-state index in [1.54, 1.807) is 19.4 Å². The van der Waals surface area contributed by atoms with E-state index in [2.05, 4.69) is 0 Å². The minimum atomic E-state index is -1.47. The summed E-state index contributed by atoms with van der Waals surface area (Å²) in [6.07, 6.45) is 3.12. The number of furan rings is 1. The van der Waals surface area contributed by atoms with Crippen LogP contribution in [0.1, 0.15) is 17.2 Å². The third-order valence-corrected chi connectivity index (χ3v) is 3.16. The number of hydrogen-bond donors (Lipinski definition) is 1. The largest absolute Gasteiger partial charge is 0.472 e. The molecule has 0 aliphatic carbocycles. The second-order valence-corrected chi connectivity index (χ2v) is 4.60. The van der Waals surface area contributed by atoms with Crippen LogP contribution in [0.2, 0.25) is 0 Å². The van der Waals surface area contributed by atoms with E-state index < -0.39 is 23.5 Å². The molecule has 0 spiro atoms. The fourth-order valence-corrected chi connectivity index (χ4v) is 2.12. The third-order valence-electron chi connectivity index (χ3n) is 3.16. The van der Waals surface area contributed by atoms with Crippen molar-refractivity contribution in [2.75, 3.05) is 13.6 Å². The topological polar surface area (TPSA) is 42.4 Å². The number of halogens is 3. The van der Waals surface area contributed by atoms with Crippen LogP contribution in [-0.4, -0.2) is 18.5 Å². The number of nitrogens with zero attached hydrogens (tertiary/aromatic N) is 1. The minimum Gasteiger partial charge on any atom is -0.472 e. The molecule has 0 saturated carbocycles. The SMILES string of the molecule is CN(Cc1ccoc1)C(CN)c1cc(F)c(F)c(F)c1. The molecule has 0 saturated heterocycles. The van der Waals surface area contributed by atoms with Crippen molar-refractivity contribution < 1.29 is 17.6 Å². The molecule has 2 aromatic rings. The van der Waals surface area contributed by atoms with Crippen LogP contribution in [0.15, 0.2) is 35.1 Å². The Morgan fingerprint density at radius 3 is 2.40 bits per heavy atom. The van der Waals surface area contributed by atoms with Gasteiger partial charge in [-0.2, -0.15) is 0 Å². The first-order chi connectivity index (χ1) is 9.52. The van der Waals surface area contributed by atoms with Gasteiger partial charge in [-0.1, -0.05) is 0 Å². The maximum absolute atomic E-state index is 13.3. The van der Waals surface area contributed by atoms with Crippen LogP contribution >= 0.6 is 0 Å². The van der Waals surface area contributed by atoms with Gasteiger partial charge in [0.2, 0.25) is 0 Å². The summed E-state index contributed by atoms with van der Waals surface area (Å²) < 4.78 is 44.5. The normalized spacial score (nSPS) is 12.9. The molecule has 108 valence electrons. The first-order valence-corrected chi connectivity index (χ1v) is 6.08. The summed E-state index contributed by atoms with van der Waals surface area (Å²) in [5.41, 5.74) is 6.88. The van der Waals surface area contributed by atoms with Crippen molar-refractivity contribution in [1.82, 2.24) is 4.90 Å². The van der Waals surface area contributed by atoms with E-state index in [1.165, 1.54) is 6.26 Å². The lowest BCUT2D eigenvalue weighted by molar-refractivity contribution is 0.239. The van der Waals surface area contributed by atoms with Gasteiger partial charge in [-0.3, -0.25) is 4.90 Å². The van der Waals surface area contributed by atoms with Crippen LogP contribution in [0.5, 0.6) is 0 Å². The van der Waals surface area contributed by atoms with E-state index in [0.717, 1.165) is 17.7 Å². The third kappa shape index (κ3) is 3.02. The van der Waals surface area contributed by atoms with E-state index in [0.29, 0.717) is 12.1 Å². The summed E-state index contributed by atoms with van der Waals surface area (Å²) in [5.74, 6) is -3.90. The van der Waals surface area contributed by atoms with Gasteiger partial charge in [-0.15, -0.1) is 0 Å². The molecule has 2 rings (SSSR count). The van der Waals surface area contributed by atoms with Gasteiger partial charge in [0.25, 0.3) is 0 Å². The molecule has 1 unspecified atom stereocenters. The molecule has 1 atom stereocenters. The second kappa shape index (κ2) is 6.11. The zero-order valence-electron chi connectivity index (χ0n) is 10.9. The van der Waals surface area contributed by atoms with Gasteiger partial charge in [-0.25, -0.2) is 13.2 Å². The number of likely N-dealkylation sites (N-methyl/N-ethyl adjacent to an activating group) is 1. The van der Waals surface area contributed by atoms with Crippen molar-refractivity contribution >= 4 is 0 Å². The van der Waals surface area contributed by atoms with Crippen molar-refractivity contribution in [2.45, 2.75) is 12.6 Å². The number of nitrogens with two attached hydrogens (primary N) is 1. The highest BCUT2D eigenvalue weighted by Crippen LogP contribution is 2.24. The Labute approximate surface area is 114 Å². The average Bonchev–Trinajstić information content (AvgIpc) is 2.89. The summed E-state index contributed by atoms with van der Waals surface area (Å²) in [6, 6.07) is 3.31. The maximum atomic E-state index is 13.3. The van der Waals surface area contributed by atoms with E-state index in [9.17, 15) is 13.2 Å². The Balaban J connectivity index is 2.23. The fraction of sp³-hybridized carbons (Fsp3) is 0.286. The van der Waals surface area contributed by atoms with Crippen LogP contribution in [-0.2, 0) is 6.54 Å². The predicted molar refractivity (Wildman–Crippen MR) is 68.3 cm³/mol. The maximum Gasteiger partial charge on any atom is 0.194 e. The fourth-order valence-electron chi connectivity index (χ4n) is 2.12. The standard InChI is InChI=1S/C14H15F3N2O/c1-19(7-9-2-3-20-8-9)13(6-18)10-4-11(15)14(17)12(16)5-10/h2-5,8,13H,6-7,18H2,1H3. The van der Waals surface area contributed by atoms with E-state index in [1.807, 2.05) is 4.90 Å². The van der Waals surface area contributed by atoms with Gasteiger partial charge in [0, 0.05) is 24.7 Å². The Morgan fingerprint density at radius 2 is 1.90 bits per heavy atom. The number of rotatable bonds is 5. The quantitative estimate of drug-likeness (QED) is 0.858. The van der Waals surface area contributed by atoms with Crippen LogP contribution < -0.4 is 5.73 Å². The highest BCUT2D eigenvalue weighted by molar-refractivity contribution is 5.23. The Morgan fingerprint density at radius 1 is 1.25 bits per heavy atom. The van der Waals surface area contributed by atoms with E-state index in [-0.39, 0.29) is 6.54 Å². The first-order valence-electron chi connectivity index (χ1n) is 6.08. The smallest absolute Gasteiger partial charge is 0.194 e. The molecular weight excluding hydrogens is 269 g/mol. The van der Waals surface area contributed by atoms with Crippen LogP contribution in [0.25, 0.3) is 0 Å². The van der Waals surface area contributed by atoms with Crippen molar-refractivity contribution in [3.8, 4) is 0 Å². The lowest BCUT2D eigenvalue weighted by Gasteiger charge is -2.27. The Hall–Kier alpha value is -1.79. The molecule has 1 aromatic carbocycles. The average molecular weight is 284 g/mol. The molecule has 20 heavy (non-hydrogen) atoms. The Kier molecular flexibility index (Phi) is 4.46. The highest BCUT2D eigenvalue weighted by atomic mass is 19.2. The second-order valence-electron chi connectivity index (χ2n) is 4.60. The van der Waals surface area contributed by atoms with Gasteiger partial charge in [0.05, 0.1) is 12.5 Å². The minimum absolute atomic E-state index is 0.152. The molecule has 2 N–H and O–H groups in total. The molecule has 1 heterocycles. The molecule has 0 aliphatic rings. The Bertz CT molecular complexity index is 549. The molecule has 0 aliphatic heterocycles. The van der Waals surface area contributed by atoms with Crippen molar-refractivity contribution in [1.29, 1.82) is 0 Å². The van der Waals surface area contributed by atoms with Gasteiger partial charge < -0.3 is 10.2 Å². The zero-order chi connectivity index (χ0) is 14.7. The monoisotopic (exact) mass is 284 g/mol. The zero-order valence-corrected chi connectivity index (χ0v) is 10.9. The molecule has 0 bridgehead atoms. The lowest BCUT2D eigenvalue weighted by Crippen LogP contribution is -2.30. The van der Waals surface area contributed by atoms with Gasteiger partial charge in [0.1, 0.15) is 0 Å². The summed E-state index contributed by atoms with van der Waals surface area (Å²) in [4.78, 5) is 1.82. The molecule has 3 nitrogen and oxygen atoms in total. The molecule has 0 amide bonds. The van der Waals surface area contributed by atoms with Crippen molar-refractivity contribution in [3.05, 3.63) is 59.3 Å². The summed E-state index contributed by atoms with van der Waals surface area (Å²) in [6.45, 7) is 0.651. The molecule has 0 radical (unpaired) electrons. The number of hydrogen-bond acceptors (Lipinski definition) is 3. The van der Waals surface area contributed by atoms with Crippen molar-refractivity contribution in [2.24, 2.45) is 5.73 Å². The summed E-state index contributed by atoms with van der Waals surface area (Å²) in [7, 11) is 1.77. The van der Waals surface area contributed by atoms with Gasteiger partial charge in [0.15, 0.2) is 17.5 Å². The van der Waals surface area contributed by atoms with Crippen LogP contribution in [0.4, 0.5) is 13.2 Å². The van der Waals surface area contributed by atoms with Gasteiger partial charge >= 0.3 is 0 Å². The van der Waals surface area contributed by atoms with Gasteiger partial charge in [-0.05, 0) is 30.8 Å². The lowest BCUT2D eigenvalue weighted by atomic mass is 10.0. The van der Waals surface area contributed by atoms with Crippen LogP contribution in [0, 0.1) is 17.5 Å². The molecule has 1 aromatic heterocycles. The molecular formula is C14H15F3N2O. The molecule has 6 heteroatoms. The number of benzene rings is 1. The van der Waals surface area contributed by atoms with E-state index >= 15 is 0 Å².